The minimum absolute atomic E-state index is 0.0442. The second-order valence-corrected chi connectivity index (χ2v) is 5.56. The Labute approximate surface area is 123 Å². The minimum Gasteiger partial charge on any atom is -0.307 e. The third kappa shape index (κ3) is 4.17. The molecule has 1 rings (SSSR count). The van der Waals surface area contributed by atoms with Crippen molar-refractivity contribution in [2.45, 2.75) is 59.5 Å². The Morgan fingerprint density at radius 3 is 2.85 bits per heavy atom. The van der Waals surface area contributed by atoms with Crippen LogP contribution in [0.4, 0.5) is 0 Å². The molecule has 0 aromatic carbocycles. The number of allylic oxidation sites excluding steroid dienone is 2. The lowest BCUT2D eigenvalue weighted by Crippen LogP contribution is -2.62. The number of likely N-dealkylation sites (N-methyl/N-ethyl adjacent to an activating group) is 1. The molecule has 0 radical (unpaired) electrons. The van der Waals surface area contributed by atoms with Gasteiger partial charge in [0.05, 0.1) is 13.1 Å². The maximum atomic E-state index is 11.3. The quantitative estimate of drug-likeness (QED) is 0.414. The van der Waals surface area contributed by atoms with E-state index in [4.69, 9.17) is 4.99 Å². The number of nitrogens with zero attached hydrogens (tertiary/aromatic N) is 2. The van der Waals surface area contributed by atoms with Gasteiger partial charge in [-0.05, 0) is 33.1 Å². The van der Waals surface area contributed by atoms with Crippen LogP contribution >= 0.6 is 0 Å². The normalized spacial score (nSPS) is 23.9. The third-order valence-electron chi connectivity index (χ3n) is 4.28. The van der Waals surface area contributed by atoms with Crippen LogP contribution in [0, 0.1) is 0 Å². The SMILES string of the molecule is C/C=C/CCCCC1=NCC[N+]1(CC)C(C)NC(C)=O. The topological polar surface area (TPSA) is 41.5 Å². The highest BCUT2D eigenvalue weighted by Gasteiger charge is 2.41. The van der Waals surface area contributed by atoms with Gasteiger partial charge >= 0.3 is 0 Å². The number of amidine groups is 1. The summed E-state index contributed by atoms with van der Waals surface area (Å²) in [4.78, 5) is 16.1. The molecule has 1 amide bonds. The molecule has 4 heteroatoms. The molecule has 0 fully saturated rings. The number of carbonyl (C=O) groups excluding carboxylic acids is 1. The van der Waals surface area contributed by atoms with Crippen molar-refractivity contribution in [2.24, 2.45) is 4.99 Å². The average Bonchev–Trinajstić information content (AvgIpc) is 2.82. The summed E-state index contributed by atoms with van der Waals surface area (Å²) in [5, 5.41) is 3.06. The van der Waals surface area contributed by atoms with Gasteiger partial charge in [0.1, 0.15) is 6.54 Å². The Morgan fingerprint density at radius 1 is 1.50 bits per heavy atom. The molecular weight excluding hydrogens is 250 g/mol. The number of hydrogen-bond donors (Lipinski definition) is 1. The molecule has 114 valence electrons. The average molecular weight is 280 g/mol. The Bertz CT molecular complexity index is 376. The van der Waals surface area contributed by atoms with Crippen LogP contribution in [0.2, 0.25) is 0 Å². The van der Waals surface area contributed by atoms with Crippen molar-refractivity contribution in [3.63, 3.8) is 0 Å². The van der Waals surface area contributed by atoms with Crippen molar-refractivity contribution in [2.75, 3.05) is 19.6 Å². The van der Waals surface area contributed by atoms with Gasteiger partial charge in [0.25, 0.3) is 0 Å². The van der Waals surface area contributed by atoms with E-state index in [0.717, 1.165) is 37.0 Å². The van der Waals surface area contributed by atoms with E-state index in [1.807, 2.05) is 0 Å². The summed E-state index contributed by atoms with van der Waals surface area (Å²) in [5.41, 5.74) is 0. The first kappa shape index (κ1) is 16.9. The molecule has 0 aliphatic carbocycles. The van der Waals surface area contributed by atoms with E-state index in [2.05, 4.69) is 38.2 Å². The highest BCUT2D eigenvalue weighted by Crippen LogP contribution is 2.22. The fourth-order valence-corrected chi connectivity index (χ4v) is 3.09. The zero-order valence-electron chi connectivity index (χ0n) is 13.5. The molecule has 0 aromatic heterocycles. The summed E-state index contributed by atoms with van der Waals surface area (Å²) in [6.45, 7) is 10.9. The van der Waals surface area contributed by atoms with Crippen molar-refractivity contribution in [3.8, 4) is 0 Å². The van der Waals surface area contributed by atoms with Crippen molar-refractivity contribution >= 4 is 11.7 Å². The highest BCUT2D eigenvalue weighted by atomic mass is 16.1. The summed E-state index contributed by atoms with van der Waals surface area (Å²) >= 11 is 0. The van der Waals surface area contributed by atoms with Crippen molar-refractivity contribution in [1.29, 1.82) is 0 Å². The van der Waals surface area contributed by atoms with E-state index in [1.165, 1.54) is 18.7 Å². The van der Waals surface area contributed by atoms with E-state index in [0.29, 0.717) is 0 Å². The molecule has 4 nitrogen and oxygen atoms in total. The molecule has 1 N–H and O–H groups in total. The number of hydrogen-bond acceptors (Lipinski definition) is 2. The predicted octanol–water partition coefficient (Wildman–Crippen LogP) is 2.85. The van der Waals surface area contributed by atoms with Crippen LogP contribution < -0.4 is 5.32 Å². The lowest BCUT2D eigenvalue weighted by Gasteiger charge is -2.39. The van der Waals surface area contributed by atoms with Gasteiger partial charge in [0.2, 0.25) is 5.91 Å². The molecule has 20 heavy (non-hydrogen) atoms. The van der Waals surface area contributed by atoms with Crippen LogP contribution in [0.15, 0.2) is 17.1 Å². The van der Waals surface area contributed by atoms with Crippen molar-refractivity contribution in [1.82, 2.24) is 5.32 Å². The number of nitrogens with one attached hydrogen (secondary N) is 1. The molecule has 0 spiro atoms. The number of amides is 1. The van der Waals surface area contributed by atoms with Gasteiger partial charge in [0, 0.05) is 20.3 Å². The van der Waals surface area contributed by atoms with Gasteiger partial charge in [0.15, 0.2) is 12.0 Å². The van der Waals surface area contributed by atoms with Gasteiger partial charge < -0.3 is 5.32 Å². The zero-order chi connectivity index (χ0) is 15.0. The molecule has 2 atom stereocenters. The lowest BCUT2D eigenvalue weighted by atomic mass is 10.1. The van der Waals surface area contributed by atoms with Crippen LogP contribution in [-0.2, 0) is 4.79 Å². The molecule has 1 aliphatic heterocycles. The molecule has 0 aromatic rings. The first-order valence-corrected chi connectivity index (χ1v) is 7.85. The lowest BCUT2D eigenvalue weighted by molar-refractivity contribution is -0.861. The zero-order valence-corrected chi connectivity index (χ0v) is 13.5. The molecule has 1 heterocycles. The molecule has 0 saturated carbocycles. The van der Waals surface area contributed by atoms with E-state index in [-0.39, 0.29) is 12.1 Å². The number of rotatable bonds is 8. The third-order valence-corrected chi connectivity index (χ3v) is 4.28. The number of unbranched alkanes of at least 4 members (excludes halogenated alkanes) is 2. The van der Waals surface area contributed by atoms with Crippen LogP contribution in [0.5, 0.6) is 0 Å². The maximum Gasteiger partial charge on any atom is 0.221 e. The number of aliphatic imine (C=N–C) groups is 1. The van der Waals surface area contributed by atoms with E-state index >= 15 is 0 Å². The Hall–Kier alpha value is -1.16. The van der Waals surface area contributed by atoms with Gasteiger partial charge in [-0.2, -0.15) is 0 Å². The Balaban J connectivity index is 2.61. The monoisotopic (exact) mass is 280 g/mol. The second-order valence-electron chi connectivity index (χ2n) is 5.56. The Morgan fingerprint density at radius 2 is 2.25 bits per heavy atom. The molecular formula is C16H30N3O+. The molecule has 0 bridgehead atoms. The second kappa shape index (κ2) is 8.20. The molecule has 1 aliphatic rings. The van der Waals surface area contributed by atoms with Crippen LogP contribution in [0.25, 0.3) is 0 Å². The van der Waals surface area contributed by atoms with Gasteiger partial charge in [-0.1, -0.05) is 12.2 Å². The maximum absolute atomic E-state index is 11.3. The van der Waals surface area contributed by atoms with E-state index in [1.54, 1.807) is 6.92 Å². The largest absolute Gasteiger partial charge is 0.307 e. The smallest absolute Gasteiger partial charge is 0.221 e. The van der Waals surface area contributed by atoms with Crippen LogP contribution in [-0.4, -0.2) is 42.0 Å². The fraction of sp³-hybridized carbons (Fsp3) is 0.750. The fourth-order valence-electron chi connectivity index (χ4n) is 3.09. The first-order chi connectivity index (χ1) is 9.56. The van der Waals surface area contributed by atoms with E-state index in [9.17, 15) is 4.79 Å². The van der Waals surface area contributed by atoms with Gasteiger partial charge in [-0.15, -0.1) is 0 Å². The van der Waals surface area contributed by atoms with Gasteiger partial charge in [-0.25, -0.2) is 4.99 Å². The van der Waals surface area contributed by atoms with E-state index < -0.39 is 0 Å². The van der Waals surface area contributed by atoms with Crippen LogP contribution in [0.1, 0.15) is 53.4 Å². The summed E-state index contributed by atoms with van der Waals surface area (Å²) in [7, 11) is 0. The number of quaternary nitrogens is 1. The molecule has 0 saturated heterocycles. The summed E-state index contributed by atoms with van der Waals surface area (Å²) in [5.74, 6) is 1.32. The Kier molecular flexibility index (Phi) is 6.93. The first-order valence-electron chi connectivity index (χ1n) is 7.85. The summed E-state index contributed by atoms with van der Waals surface area (Å²) in [6.07, 6.45) is 9.04. The standard InChI is InChI=1S/C16H29N3O/c1-5-7-8-9-10-11-16-17-12-13-19(16,6-2)14(3)18-15(4)20/h5,7,14H,6,8-13H2,1-4H3/p+1/b7-5+. The highest BCUT2D eigenvalue weighted by molar-refractivity contribution is 5.78. The minimum atomic E-state index is 0.0442. The summed E-state index contributed by atoms with van der Waals surface area (Å²) < 4.78 is 0.837. The van der Waals surface area contributed by atoms with Gasteiger partial charge in [-0.3, -0.25) is 9.28 Å². The summed E-state index contributed by atoms with van der Waals surface area (Å²) in [6, 6.07) is 0. The van der Waals surface area contributed by atoms with Crippen molar-refractivity contribution in [3.05, 3.63) is 12.2 Å². The predicted molar refractivity (Wildman–Crippen MR) is 84.5 cm³/mol. The number of carbonyl (C=O) groups is 1. The molecule has 2 unspecified atom stereocenters. The van der Waals surface area contributed by atoms with Crippen molar-refractivity contribution < 1.29 is 9.28 Å². The van der Waals surface area contributed by atoms with Crippen LogP contribution in [0.3, 0.4) is 0 Å².